The number of amides is 1. The number of carbonyl (C=O) groups excluding carboxylic acids is 1. The van der Waals surface area contributed by atoms with Gasteiger partial charge in [-0.05, 0) is 57.0 Å². The van der Waals surface area contributed by atoms with Crippen molar-refractivity contribution >= 4 is 27.3 Å². The van der Waals surface area contributed by atoms with Crippen LogP contribution in [-0.4, -0.2) is 44.4 Å². The third kappa shape index (κ3) is 3.54. The Balaban J connectivity index is 1.56. The van der Waals surface area contributed by atoms with Crippen molar-refractivity contribution in [2.45, 2.75) is 36.7 Å². The highest BCUT2D eigenvalue weighted by Gasteiger charge is 2.40. The van der Waals surface area contributed by atoms with Gasteiger partial charge in [-0.2, -0.15) is 0 Å². The molecule has 3 saturated heterocycles. The van der Waals surface area contributed by atoms with Gasteiger partial charge >= 0.3 is 0 Å². The number of rotatable bonds is 4. The molecule has 1 amide bonds. The fraction of sp³-hybridized carbons (Fsp3) is 0.421. The molecule has 1 aromatic heterocycles. The summed E-state index contributed by atoms with van der Waals surface area (Å²) in [5.41, 5.74) is 0.528. The number of piperidine rings is 3. The van der Waals surface area contributed by atoms with Gasteiger partial charge in [-0.25, -0.2) is 13.6 Å². The molecule has 144 valence electrons. The Hall–Kier alpha value is -1.74. The molecule has 0 spiro atoms. The van der Waals surface area contributed by atoms with Crippen LogP contribution in [0.4, 0.5) is 0 Å². The highest BCUT2D eigenvalue weighted by Crippen LogP contribution is 2.34. The molecule has 27 heavy (non-hydrogen) atoms. The molecule has 4 heterocycles. The molecule has 0 radical (unpaired) electrons. The van der Waals surface area contributed by atoms with E-state index in [-0.39, 0.29) is 16.8 Å². The van der Waals surface area contributed by atoms with Crippen molar-refractivity contribution in [2.24, 2.45) is 11.1 Å². The summed E-state index contributed by atoms with van der Waals surface area (Å²) in [7, 11) is -3.83. The van der Waals surface area contributed by atoms with Crippen LogP contribution in [0.1, 0.15) is 29.4 Å². The Morgan fingerprint density at radius 2 is 1.89 bits per heavy atom. The summed E-state index contributed by atoms with van der Waals surface area (Å²) in [6.45, 7) is 4.41. The summed E-state index contributed by atoms with van der Waals surface area (Å²) in [4.78, 5) is 16.6. The summed E-state index contributed by atoms with van der Waals surface area (Å²) in [6, 6.07) is 10.6. The average Bonchev–Trinajstić information content (AvgIpc) is 3.14. The van der Waals surface area contributed by atoms with Gasteiger partial charge in [0, 0.05) is 22.5 Å². The number of nitrogens with one attached hydrogen (secondary N) is 1. The Bertz CT molecular complexity index is 960. The first kappa shape index (κ1) is 18.6. The van der Waals surface area contributed by atoms with Crippen molar-refractivity contribution in [3.05, 3.63) is 41.3 Å². The molecular formula is C19H23N3O3S2. The largest absolute Gasteiger partial charge is 0.347 e. The highest BCUT2D eigenvalue weighted by molar-refractivity contribution is 7.89. The van der Waals surface area contributed by atoms with Gasteiger partial charge < -0.3 is 5.32 Å². The lowest BCUT2D eigenvalue weighted by molar-refractivity contribution is 0.0218. The Morgan fingerprint density at radius 1 is 1.19 bits per heavy atom. The van der Waals surface area contributed by atoms with E-state index in [9.17, 15) is 13.2 Å². The van der Waals surface area contributed by atoms with E-state index >= 15 is 0 Å². The van der Waals surface area contributed by atoms with E-state index < -0.39 is 10.0 Å². The van der Waals surface area contributed by atoms with Gasteiger partial charge in [0.1, 0.15) is 0 Å². The molecule has 5 rings (SSSR count). The Kier molecular flexibility index (Phi) is 4.84. The van der Waals surface area contributed by atoms with Gasteiger partial charge in [0.25, 0.3) is 5.91 Å². The van der Waals surface area contributed by atoms with E-state index in [0.717, 1.165) is 25.9 Å². The third-order valence-electron chi connectivity index (χ3n) is 5.76. The number of primary sulfonamides is 1. The molecule has 2 aromatic rings. The minimum Gasteiger partial charge on any atom is -0.347 e. The Labute approximate surface area is 163 Å². The van der Waals surface area contributed by atoms with Crippen molar-refractivity contribution in [3.8, 4) is 10.4 Å². The standard InChI is InChI=1S/C19H23N3O3S2/c1-12-18(13-8-10-22(12)11-9-13)21-19(23)16-7-6-15(26-16)14-4-2-3-5-17(14)27(20,24)25/h2-7,12-13,18H,8-11H2,1H3,(H,21,23)(H2,20,24,25)/t12-,18+/m1/s1. The zero-order valence-corrected chi connectivity index (χ0v) is 16.7. The van der Waals surface area contributed by atoms with E-state index in [1.807, 2.05) is 0 Å². The fourth-order valence-electron chi connectivity index (χ4n) is 4.29. The molecule has 8 heteroatoms. The van der Waals surface area contributed by atoms with Crippen molar-refractivity contribution in [1.82, 2.24) is 10.2 Å². The zero-order chi connectivity index (χ0) is 19.2. The summed E-state index contributed by atoms with van der Waals surface area (Å²) >= 11 is 1.29. The fourth-order valence-corrected chi connectivity index (χ4v) is 6.06. The van der Waals surface area contributed by atoms with Gasteiger partial charge in [0.15, 0.2) is 0 Å². The molecular weight excluding hydrogens is 382 g/mol. The summed E-state index contributed by atoms with van der Waals surface area (Å²) in [5.74, 6) is 0.446. The number of fused-ring (bicyclic) bond motifs is 3. The summed E-state index contributed by atoms with van der Waals surface area (Å²) in [5, 5.41) is 8.54. The maximum Gasteiger partial charge on any atom is 0.261 e. The second-order valence-electron chi connectivity index (χ2n) is 7.32. The van der Waals surface area contributed by atoms with Crippen LogP contribution in [0, 0.1) is 5.92 Å². The number of nitrogens with two attached hydrogens (primary N) is 1. The number of sulfonamides is 1. The molecule has 3 fully saturated rings. The van der Waals surface area contributed by atoms with E-state index in [4.69, 9.17) is 5.14 Å². The number of thiophene rings is 1. The van der Waals surface area contributed by atoms with Crippen molar-refractivity contribution in [2.75, 3.05) is 13.1 Å². The summed E-state index contributed by atoms with van der Waals surface area (Å²) in [6.07, 6.45) is 2.26. The van der Waals surface area contributed by atoms with Crippen LogP contribution < -0.4 is 10.5 Å². The molecule has 3 aliphatic heterocycles. The molecule has 0 aliphatic carbocycles. The second-order valence-corrected chi connectivity index (χ2v) is 9.93. The third-order valence-corrected chi connectivity index (χ3v) is 7.85. The van der Waals surface area contributed by atoms with Crippen LogP contribution in [0.2, 0.25) is 0 Å². The molecule has 1 aromatic carbocycles. The number of benzene rings is 1. The van der Waals surface area contributed by atoms with Gasteiger partial charge in [-0.3, -0.25) is 9.69 Å². The van der Waals surface area contributed by atoms with E-state index in [0.29, 0.717) is 27.3 Å². The predicted molar refractivity (Wildman–Crippen MR) is 106 cm³/mol. The van der Waals surface area contributed by atoms with Crippen LogP contribution in [0.5, 0.6) is 0 Å². The topological polar surface area (TPSA) is 92.5 Å². The minimum absolute atomic E-state index is 0.0739. The van der Waals surface area contributed by atoms with Gasteiger partial charge in [-0.1, -0.05) is 18.2 Å². The van der Waals surface area contributed by atoms with E-state index in [1.54, 1.807) is 30.3 Å². The lowest BCUT2D eigenvalue weighted by Crippen LogP contribution is -2.62. The molecule has 3 N–H and O–H groups in total. The predicted octanol–water partition coefficient (Wildman–Crippen LogP) is 2.28. The van der Waals surface area contributed by atoms with Crippen LogP contribution in [0.3, 0.4) is 0 Å². The number of nitrogens with zero attached hydrogens (tertiary/aromatic N) is 1. The Morgan fingerprint density at radius 3 is 2.56 bits per heavy atom. The van der Waals surface area contributed by atoms with Gasteiger partial charge in [-0.15, -0.1) is 11.3 Å². The summed E-state index contributed by atoms with van der Waals surface area (Å²) < 4.78 is 23.7. The first-order chi connectivity index (χ1) is 12.8. The highest BCUT2D eigenvalue weighted by atomic mass is 32.2. The number of carbonyl (C=O) groups is 1. The second kappa shape index (κ2) is 7.01. The quantitative estimate of drug-likeness (QED) is 0.816. The zero-order valence-electron chi connectivity index (χ0n) is 15.1. The van der Waals surface area contributed by atoms with E-state index in [2.05, 4.69) is 17.1 Å². The molecule has 3 aliphatic rings. The van der Waals surface area contributed by atoms with Crippen LogP contribution in [-0.2, 0) is 10.0 Å². The maximum absolute atomic E-state index is 12.8. The van der Waals surface area contributed by atoms with Gasteiger partial charge in [0.2, 0.25) is 10.0 Å². The number of hydrogen-bond donors (Lipinski definition) is 2. The average molecular weight is 406 g/mol. The molecule has 0 saturated carbocycles. The van der Waals surface area contributed by atoms with E-state index in [1.165, 1.54) is 17.4 Å². The first-order valence-corrected chi connectivity index (χ1v) is 11.5. The molecule has 0 unspecified atom stereocenters. The SMILES string of the molecule is C[C@@H]1[C@H](NC(=O)c2ccc(-c3ccccc3S(N)(=O)=O)s2)C2CCN1CC2. The smallest absolute Gasteiger partial charge is 0.261 e. The van der Waals surface area contributed by atoms with Crippen LogP contribution in [0.25, 0.3) is 10.4 Å². The molecule has 2 bridgehead atoms. The van der Waals surface area contributed by atoms with Gasteiger partial charge in [0.05, 0.1) is 9.77 Å². The minimum atomic E-state index is -3.83. The monoisotopic (exact) mass is 405 g/mol. The van der Waals surface area contributed by atoms with Crippen molar-refractivity contribution < 1.29 is 13.2 Å². The van der Waals surface area contributed by atoms with Crippen molar-refractivity contribution in [3.63, 3.8) is 0 Å². The lowest BCUT2D eigenvalue weighted by Gasteiger charge is -2.49. The maximum atomic E-state index is 12.8. The van der Waals surface area contributed by atoms with Crippen LogP contribution >= 0.6 is 11.3 Å². The molecule has 6 nitrogen and oxygen atoms in total. The van der Waals surface area contributed by atoms with Crippen LogP contribution in [0.15, 0.2) is 41.3 Å². The normalized spacial score (nSPS) is 27.5. The molecule has 2 atom stereocenters. The lowest BCUT2D eigenvalue weighted by atomic mass is 9.79. The first-order valence-electron chi connectivity index (χ1n) is 9.11. The number of hydrogen-bond acceptors (Lipinski definition) is 5. The van der Waals surface area contributed by atoms with Crippen molar-refractivity contribution in [1.29, 1.82) is 0 Å².